The lowest BCUT2D eigenvalue weighted by Crippen LogP contribution is -2.51. The number of aliphatic hydroxyl groups excluding tert-OH is 1. The number of aromatic nitrogens is 2. The minimum Gasteiger partial charge on any atom is -0.478 e. The van der Waals surface area contributed by atoms with Gasteiger partial charge in [-0.1, -0.05) is 17.3 Å². The first kappa shape index (κ1) is 17.5. The van der Waals surface area contributed by atoms with Crippen molar-refractivity contribution in [2.75, 3.05) is 33.3 Å². The van der Waals surface area contributed by atoms with E-state index in [2.05, 4.69) is 27.0 Å². The number of likely N-dealkylation sites (N-methyl/N-ethyl adjacent to an activating group) is 1. The highest BCUT2D eigenvalue weighted by Gasteiger charge is 2.25. The predicted octanol–water partition coefficient (Wildman–Crippen LogP) is 0.933. The molecule has 8 heteroatoms. The molecule has 2 aromatic rings. The predicted molar refractivity (Wildman–Crippen MR) is 90.1 cm³/mol. The molecule has 134 valence electrons. The number of hydrogen-bond acceptors (Lipinski definition) is 7. The zero-order chi connectivity index (χ0) is 17.8. The Bertz CT molecular complexity index is 716. The van der Waals surface area contributed by atoms with Crippen LogP contribution in [0.4, 0.5) is 0 Å². The number of aromatic carboxylic acids is 1. The summed E-state index contributed by atoms with van der Waals surface area (Å²) in [5.74, 6) is 0.0189. The van der Waals surface area contributed by atoms with Crippen molar-refractivity contribution >= 4 is 5.97 Å². The summed E-state index contributed by atoms with van der Waals surface area (Å²) in [5.41, 5.74) is 0.941. The van der Waals surface area contributed by atoms with Crippen LogP contribution in [0.1, 0.15) is 22.7 Å². The molecule has 1 atom stereocenters. The SMILES string of the molecule is CN1CCN(Cc2nc(-c3ccc(C(=O)O)cc3)no2)C[C@H]1CCO. The van der Waals surface area contributed by atoms with Crippen LogP contribution in [0.5, 0.6) is 0 Å². The molecule has 0 aliphatic carbocycles. The van der Waals surface area contributed by atoms with Crippen molar-refractivity contribution in [1.29, 1.82) is 0 Å². The topological polar surface area (TPSA) is 103 Å². The van der Waals surface area contributed by atoms with E-state index in [-0.39, 0.29) is 12.2 Å². The van der Waals surface area contributed by atoms with Gasteiger partial charge in [0.15, 0.2) is 0 Å². The standard InChI is InChI=1S/C17H22N4O4/c1-20-7-8-21(10-14(20)6-9-22)11-15-18-16(19-25-15)12-2-4-13(5-3-12)17(23)24/h2-5,14,22H,6-11H2,1H3,(H,23,24)/t14-/m1/s1. The van der Waals surface area contributed by atoms with Crippen molar-refractivity contribution in [3.05, 3.63) is 35.7 Å². The van der Waals surface area contributed by atoms with Gasteiger partial charge in [-0.25, -0.2) is 4.79 Å². The number of nitrogens with zero attached hydrogens (tertiary/aromatic N) is 4. The van der Waals surface area contributed by atoms with Crippen molar-refractivity contribution in [2.45, 2.75) is 19.0 Å². The van der Waals surface area contributed by atoms with Gasteiger partial charge in [0.05, 0.1) is 12.1 Å². The Kier molecular flexibility index (Phi) is 5.42. The fourth-order valence-electron chi connectivity index (χ4n) is 3.00. The number of hydrogen-bond donors (Lipinski definition) is 2. The molecular formula is C17H22N4O4. The Hall–Kier alpha value is -2.29. The molecule has 0 amide bonds. The summed E-state index contributed by atoms with van der Waals surface area (Å²) in [5, 5.41) is 22.1. The molecule has 1 aliphatic heterocycles. The second kappa shape index (κ2) is 7.73. The van der Waals surface area contributed by atoms with Crippen LogP contribution >= 0.6 is 0 Å². The van der Waals surface area contributed by atoms with E-state index in [9.17, 15) is 9.90 Å². The van der Waals surface area contributed by atoms with Crippen molar-refractivity contribution < 1.29 is 19.5 Å². The second-order valence-electron chi connectivity index (χ2n) is 6.28. The molecule has 0 bridgehead atoms. The molecular weight excluding hydrogens is 324 g/mol. The first-order valence-corrected chi connectivity index (χ1v) is 8.26. The molecule has 8 nitrogen and oxygen atoms in total. The van der Waals surface area contributed by atoms with Crippen molar-refractivity contribution in [3.63, 3.8) is 0 Å². The Morgan fingerprint density at radius 1 is 1.32 bits per heavy atom. The van der Waals surface area contributed by atoms with Crippen molar-refractivity contribution in [1.82, 2.24) is 19.9 Å². The number of piperazine rings is 1. The van der Waals surface area contributed by atoms with E-state index in [0.717, 1.165) is 31.6 Å². The molecule has 1 aliphatic rings. The summed E-state index contributed by atoms with van der Waals surface area (Å²) in [6, 6.07) is 6.71. The van der Waals surface area contributed by atoms with E-state index in [1.807, 2.05) is 0 Å². The van der Waals surface area contributed by atoms with Gasteiger partial charge in [-0.3, -0.25) is 4.90 Å². The van der Waals surface area contributed by atoms with Gasteiger partial charge in [-0.15, -0.1) is 0 Å². The van der Waals surface area contributed by atoms with Gasteiger partial charge in [-0.2, -0.15) is 4.98 Å². The highest BCUT2D eigenvalue weighted by Crippen LogP contribution is 2.18. The van der Waals surface area contributed by atoms with E-state index in [0.29, 0.717) is 24.3 Å². The number of carbonyl (C=O) groups is 1. The third-order valence-electron chi connectivity index (χ3n) is 4.54. The quantitative estimate of drug-likeness (QED) is 0.796. The number of carboxylic acids is 1. The Labute approximate surface area is 145 Å². The Balaban J connectivity index is 1.64. The van der Waals surface area contributed by atoms with Crippen molar-refractivity contribution in [2.24, 2.45) is 0 Å². The smallest absolute Gasteiger partial charge is 0.335 e. The van der Waals surface area contributed by atoms with Crippen LogP contribution in [-0.4, -0.2) is 75.5 Å². The van der Waals surface area contributed by atoms with Gasteiger partial charge in [0.1, 0.15) is 0 Å². The van der Waals surface area contributed by atoms with E-state index < -0.39 is 5.97 Å². The minimum atomic E-state index is -0.965. The summed E-state index contributed by atoms with van der Waals surface area (Å²) < 4.78 is 5.34. The molecule has 2 heterocycles. The average Bonchev–Trinajstić information content (AvgIpc) is 3.07. The van der Waals surface area contributed by atoms with Crippen LogP contribution in [0.3, 0.4) is 0 Å². The van der Waals surface area contributed by atoms with Crippen LogP contribution < -0.4 is 0 Å². The first-order chi connectivity index (χ1) is 12.1. The third kappa shape index (κ3) is 4.22. The molecule has 1 aromatic carbocycles. The summed E-state index contributed by atoms with van der Waals surface area (Å²) in [6.45, 7) is 3.43. The van der Waals surface area contributed by atoms with Crippen LogP contribution in [0, 0.1) is 0 Å². The number of rotatable bonds is 6. The summed E-state index contributed by atoms with van der Waals surface area (Å²) in [7, 11) is 2.07. The molecule has 1 fully saturated rings. The maximum atomic E-state index is 10.9. The van der Waals surface area contributed by atoms with Gasteiger partial charge >= 0.3 is 5.97 Å². The molecule has 3 rings (SSSR count). The summed E-state index contributed by atoms with van der Waals surface area (Å²) in [4.78, 5) is 19.8. The monoisotopic (exact) mass is 346 g/mol. The molecule has 25 heavy (non-hydrogen) atoms. The van der Waals surface area contributed by atoms with Crippen LogP contribution in [-0.2, 0) is 6.54 Å². The molecule has 0 unspecified atom stereocenters. The number of benzene rings is 1. The van der Waals surface area contributed by atoms with Crippen LogP contribution in [0.25, 0.3) is 11.4 Å². The van der Waals surface area contributed by atoms with E-state index in [1.165, 1.54) is 12.1 Å². The molecule has 2 N–H and O–H groups in total. The lowest BCUT2D eigenvalue weighted by molar-refractivity contribution is 0.0679. The molecule has 1 aromatic heterocycles. The van der Waals surface area contributed by atoms with Crippen LogP contribution in [0.2, 0.25) is 0 Å². The number of carboxylic acid groups (broad SMARTS) is 1. The van der Waals surface area contributed by atoms with Crippen molar-refractivity contribution in [3.8, 4) is 11.4 Å². The summed E-state index contributed by atoms with van der Waals surface area (Å²) >= 11 is 0. The van der Waals surface area contributed by atoms with Gasteiger partial charge in [0.25, 0.3) is 0 Å². The van der Waals surface area contributed by atoms with Gasteiger partial charge in [-0.05, 0) is 25.6 Å². The molecule has 0 radical (unpaired) electrons. The number of aliphatic hydroxyl groups is 1. The molecule has 1 saturated heterocycles. The maximum Gasteiger partial charge on any atom is 0.335 e. The van der Waals surface area contributed by atoms with Gasteiger partial charge in [0, 0.05) is 37.8 Å². The lowest BCUT2D eigenvalue weighted by atomic mass is 10.1. The summed E-state index contributed by atoms with van der Waals surface area (Å²) in [6.07, 6.45) is 0.748. The van der Waals surface area contributed by atoms with E-state index >= 15 is 0 Å². The average molecular weight is 346 g/mol. The first-order valence-electron chi connectivity index (χ1n) is 8.26. The second-order valence-corrected chi connectivity index (χ2v) is 6.28. The largest absolute Gasteiger partial charge is 0.478 e. The molecule has 0 saturated carbocycles. The molecule has 0 spiro atoms. The fourth-order valence-corrected chi connectivity index (χ4v) is 3.00. The lowest BCUT2D eigenvalue weighted by Gasteiger charge is -2.38. The highest BCUT2D eigenvalue weighted by atomic mass is 16.5. The Morgan fingerprint density at radius 2 is 2.08 bits per heavy atom. The van der Waals surface area contributed by atoms with E-state index in [1.54, 1.807) is 12.1 Å². The fraction of sp³-hybridized carbons (Fsp3) is 0.471. The normalized spacial score (nSPS) is 19.2. The Morgan fingerprint density at radius 3 is 2.76 bits per heavy atom. The maximum absolute atomic E-state index is 10.9. The zero-order valence-electron chi connectivity index (χ0n) is 14.1. The minimum absolute atomic E-state index is 0.180. The van der Waals surface area contributed by atoms with Gasteiger partial charge in [0.2, 0.25) is 11.7 Å². The van der Waals surface area contributed by atoms with Gasteiger partial charge < -0.3 is 19.6 Å². The zero-order valence-corrected chi connectivity index (χ0v) is 14.1. The van der Waals surface area contributed by atoms with E-state index in [4.69, 9.17) is 9.63 Å². The van der Waals surface area contributed by atoms with Crippen LogP contribution in [0.15, 0.2) is 28.8 Å². The highest BCUT2D eigenvalue weighted by molar-refractivity contribution is 5.88. The third-order valence-corrected chi connectivity index (χ3v) is 4.54.